The first-order chi connectivity index (χ1) is 11.9. The highest BCUT2D eigenvalue weighted by Gasteiger charge is 2.43. The lowest BCUT2D eigenvalue weighted by atomic mass is 9.85. The van der Waals surface area contributed by atoms with Crippen molar-refractivity contribution in [1.82, 2.24) is 19.7 Å². The summed E-state index contributed by atoms with van der Waals surface area (Å²) < 4.78 is 40.1. The molecule has 0 saturated carbocycles. The van der Waals surface area contributed by atoms with Crippen LogP contribution in [0, 0.1) is 11.6 Å². The summed E-state index contributed by atoms with van der Waals surface area (Å²) in [5, 5.41) is 15.4. The molecule has 1 aliphatic rings. The Morgan fingerprint density at radius 2 is 2.12 bits per heavy atom. The first-order valence-electron chi connectivity index (χ1n) is 7.87. The summed E-state index contributed by atoms with van der Waals surface area (Å²) in [7, 11) is 1.70. The second kappa shape index (κ2) is 7.12. The van der Waals surface area contributed by atoms with Gasteiger partial charge in [-0.2, -0.15) is 5.10 Å². The van der Waals surface area contributed by atoms with Gasteiger partial charge in [0.15, 0.2) is 0 Å². The molecule has 1 aromatic heterocycles. The van der Waals surface area contributed by atoms with Crippen LogP contribution >= 0.6 is 0 Å². The number of nitrogens with zero attached hydrogens (tertiary/aromatic N) is 4. The Balaban J connectivity index is 1.98. The molecule has 136 valence electrons. The van der Waals surface area contributed by atoms with Gasteiger partial charge in [0.25, 0.3) is 0 Å². The minimum absolute atomic E-state index is 0.0400. The number of aromatic nitrogens is 3. The van der Waals surface area contributed by atoms with Crippen LogP contribution in [0.3, 0.4) is 0 Å². The number of hydrogen-bond donors (Lipinski definition) is 1. The van der Waals surface area contributed by atoms with Crippen molar-refractivity contribution in [3.05, 3.63) is 48.1 Å². The van der Waals surface area contributed by atoms with Crippen LogP contribution in [0.25, 0.3) is 0 Å². The molecule has 0 radical (unpaired) electrons. The lowest BCUT2D eigenvalue weighted by Gasteiger charge is -2.41. The third-order valence-corrected chi connectivity index (χ3v) is 4.51. The lowest BCUT2D eigenvalue weighted by Crippen LogP contribution is -2.54. The van der Waals surface area contributed by atoms with Crippen molar-refractivity contribution in [3.63, 3.8) is 0 Å². The molecule has 0 spiro atoms. The summed E-state index contributed by atoms with van der Waals surface area (Å²) in [5.74, 6) is -1.55. The molecule has 9 heteroatoms. The maximum Gasteiger partial charge on any atom is 0.218 e. The van der Waals surface area contributed by atoms with Crippen molar-refractivity contribution in [3.8, 4) is 0 Å². The predicted octanol–water partition coefficient (Wildman–Crippen LogP) is 1.09. The van der Waals surface area contributed by atoms with Crippen molar-refractivity contribution in [2.45, 2.75) is 31.5 Å². The molecule has 0 unspecified atom stereocenters. The van der Waals surface area contributed by atoms with Gasteiger partial charge >= 0.3 is 0 Å². The fourth-order valence-electron chi connectivity index (χ4n) is 2.94. The van der Waals surface area contributed by atoms with Crippen LogP contribution in [0.1, 0.15) is 12.5 Å². The standard InChI is InChI=1S/C16H20F2N4O3/c1-11(21(2)15-24-5-6-25-15)16(23,8-22-10-19-9-20-22)13-4-3-12(17)7-14(13)18/h3-4,7,9-11,15,23H,5-6,8H2,1-2H3/t11-,16-/m0/s1. The second-order valence-electron chi connectivity index (χ2n) is 6.03. The second-order valence-corrected chi connectivity index (χ2v) is 6.03. The number of halogens is 2. The van der Waals surface area contributed by atoms with Gasteiger partial charge in [-0.25, -0.2) is 18.4 Å². The average Bonchev–Trinajstić information content (AvgIpc) is 3.26. The molecular weight excluding hydrogens is 334 g/mol. The van der Waals surface area contributed by atoms with Gasteiger partial charge in [0.2, 0.25) is 6.41 Å². The molecule has 1 fully saturated rings. The van der Waals surface area contributed by atoms with E-state index in [0.29, 0.717) is 13.2 Å². The van der Waals surface area contributed by atoms with E-state index in [0.717, 1.165) is 12.1 Å². The number of likely N-dealkylation sites (N-methyl/N-ethyl adjacent to an activating group) is 1. The molecule has 25 heavy (non-hydrogen) atoms. The molecule has 3 rings (SSSR count). The SMILES string of the molecule is C[C@H](N(C)C1OCCO1)[C@@](O)(Cn1cncn1)c1ccc(F)cc1F. The Kier molecular flexibility index (Phi) is 5.09. The number of ether oxygens (including phenoxy) is 2. The van der Waals surface area contributed by atoms with E-state index in [1.165, 1.54) is 23.4 Å². The Labute approximate surface area is 143 Å². The van der Waals surface area contributed by atoms with E-state index in [9.17, 15) is 13.9 Å². The largest absolute Gasteiger partial charge is 0.381 e. The quantitative estimate of drug-likeness (QED) is 0.837. The zero-order valence-corrected chi connectivity index (χ0v) is 14.0. The Morgan fingerprint density at radius 3 is 2.72 bits per heavy atom. The van der Waals surface area contributed by atoms with Crippen molar-refractivity contribution in [2.24, 2.45) is 0 Å². The molecule has 2 atom stereocenters. The molecular formula is C16H20F2N4O3. The smallest absolute Gasteiger partial charge is 0.218 e. The third kappa shape index (κ3) is 3.54. The summed E-state index contributed by atoms with van der Waals surface area (Å²) >= 11 is 0. The van der Waals surface area contributed by atoms with Gasteiger partial charge in [-0.1, -0.05) is 6.07 Å². The monoisotopic (exact) mass is 354 g/mol. The van der Waals surface area contributed by atoms with Gasteiger partial charge < -0.3 is 14.6 Å². The van der Waals surface area contributed by atoms with E-state index >= 15 is 0 Å². The van der Waals surface area contributed by atoms with E-state index < -0.39 is 29.7 Å². The maximum atomic E-state index is 14.4. The van der Waals surface area contributed by atoms with Crippen molar-refractivity contribution >= 4 is 0 Å². The Morgan fingerprint density at radius 1 is 1.40 bits per heavy atom. The molecule has 0 aliphatic carbocycles. The van der Waals surface area contributed by atoms with Crippen LogP contribution in [0.5, 0.6) is 0 Å². The molecule has 1 saturated heterocycles. The van der Waals surface area contributed by atoms with Gasteiger partial charge in [-0.05, 0) is 20.0 Å². The maximum absolute atomic E-state index is 14.4. The molecule has 0 amide bonds. The van der Waals surface area contributed by atoms with Gasteiger partial charge in [-0.3, -0.25) is 4.90 Å². The zero-order chi connectivity index (χ0) is 18.0. The highest BCUT2D eigenvalue weighted by atomic mass is 19.1. The van der Waals surface area contributed by atoms with E-state index in [-0.39, 0.29) is 12.1 Å². The van der Waals surface area contributed by atoms with Crippen LogP contribution in [0.4, 0.5) is 8.78 Å². The molecule has 0 bridgehead atoms. The molecule has 2 heterocycles. The highest BCUT2D eigenvalue weighted by Crippen LogP contribution is 2.33. The number of aliphatic hydroxyl groups is 1. The van der Waals surface area contributed by atoms with E-state index in [4.69, 9.17) is 9.47 Å². The Hall–Kier alpha value is -1.94. The van der Waals surface area contributed by atoms with Crippen LogP contribution in [-0.4, -0.2) is 57.5 Å². The van der Waals surface area contributed by atoms with Crippen LogP contribution in [0.2, 0.25) is 0 Å². The van der Waals surface area contributed by atoms with Crippen molar-refractivity contribution in [2.75, 3.05) is 20.3 Å². The normalized spacial score (nSPS) is 19.3. The fourth-order valence-corrected chi connectivity index (χ4v) is 2.94. The molecule has 1 N–H and O–H groups in total. The van der Waals surface area contributed by atoms with E-state index in [1.54, 1.807) is 18.9 Å². The van der Waals surface area contributed by atoms with Gasteiger partial charge in [0, 0.05) is 17.7 Å². The summed E-state index contributed by atoms with van der Waals surface area (Å²) in [6.07, 6.45) is 2.08. The van der Waals surface area contributed by atoms with Crippen molar-refractivity contribution in [1.29, 1.82) is 0 Å². The van der Waals surface area contributed by atoms with Crippen LogP contribution < -0.4 is 0 Å². The topological polar surface area (TPSA) is 72.6 Å². The summed E-state index contributed by atoms with van der Waals surface area (Å²) in [4.78, 5) is 5.50. The number of rotatable bonds is 6. The summed E-state index contributed by atoms with van der Waals surface area (Å²) in [6, 6.07) is 2.46. The molecule has 1 aliphatic heterocycles. The minimum atomic E-state index is -1.73. The first kappa shape index (κ1) is 17.9. The number of hydrogen-bond acceptors (Lipinski definition) is 6. The van der Waals surface area contributed by atoms with Crippen LogP contribution in [0.15, 0.2) is 30.9 Å². The summed E-state index contributed by atoms with van der Waals surface area (Å²) in [5.41, 5.74) is -1.77. The highest BCUT2D eigenvalue weighted by molar-refractivity contribution is 5.27. The predicted molar refractivity (Wildman–Crippen MR) is 83.2 cm³/mol. The fraction of sp³-hybridized carbons (Fsp3) is 0.500. The first-order valence-corrected chi connectivity index (χ1v) is 7.87. The third-order valence-electron chi connectivity index (χ3n) is 4.51. The lowest BCUT2D eigenvalue weighted by molar-refractivity contribution is -0.188. The number of benzene rings is 1. The van der Waals surface area contributed by atoms with Gasteiger partial charge in [0.1, 0.15) is 29.9 Å². The summed E-state index contributed by atoms with van der Waals surface area (Å²) in [6.45, 7) is 2.51. The van der Waals surface area contributed by atoms with Crippen LogP contribution in [-0.2, 0) is 21.6 Å². The molecule has 2 aromatic rings. The molecule has 1 aromatic carbocycles. The van der Waals surface area contributed by atoms with E-state index in [1.807, 2.05) is 0 Å². The zero-order valence-electron chi connectivity index (χ0n) is 14.0. The molecule has 7 nitrogen and oxygen atoms in total. The minimum Gasteiger partial charge on any atom is -0.381 e. The van der Waals surface area contributed by atoms with E-state index in [2.05, 4.69) is 10.1 Å². The average molecular weight is 354 g/mol. The van der Waals surface area contributed by atoms with Crippen molar-refractivity contribution < 1.29 is 23.4 Å². The Bertz CT molecular complexity index is 709. The van der Waals surface area contributed by atoms with Gasteiger partial charge in [-0.15, -0.1) is 0 Å². The van der Waals surface area contributed by atoms with Gasteiger partial charge in [0.05, 0.1) is 19.8 Å².